The molecule has 1 atom stereocenters. The van der Waals surface area contributed by atoms with Crippen LogP contribution in [0.4, 0.5) is 30.8 Å². The highest BCUT2D eigenvalue weighted by molar-refractivity contribution is 5.90. The smallest absolute Gasteiger partial charge is 0.370 e. The number of pyridine rings is 1. The second kappa shape index (κ2) is 10.6. The van der Waals surface area contributed by atoms with Gasteiger partial charge in [0, 0.05) is 19.3 Å². The molecule has 4 heterocycles. The topological polar surface area (TPSA) is 124 Å². The molecule has 0 aromatic carbocycles. The van der Waals surface area contributed by atoms with Crippen molar-refractivity contribution in [2.75, 3.05) is 36.5 Å². The lowest BCUT2D eigenvalue weighted by molar-refractivity contribution is -0.174. The van der Waals surface area contributed by atoms with Crippen molar-refractivity contribution < 1.29 is 22.7 Å². The fraction of sp³-hybridized carbons (Fsp3) is 0.522. The molecule has 1 fully saturated rings. The third-order valence-corrected chi connectivity index (χ3v) is 5.96. The van der Waals surface area contributed by atoms with Crippen molar-refractivity contribution in [2.24, 2.45) is 11.7 Å². The van der Waals surface area contributed by atoms with Crippen LogP contribution in [0, 0.1) is 12.8 Å². The van der Waals surface area contributed by atoms with Gasteiger partial charge in [0.05, 0.1) is 24.8 Å². The van der Waals surface area contributed by atoms with E-state index in [1.54, 1.807) is 10.9 Å². The van der Waals surface area contributed by atoms with E-state index >= 15 is 0 Å². The summed E-state index contributed by atoms with van der Waals surface area (Å²) in [5.74, 6) is 0.730. The molecule has 3 N–H and O–H groups in total. The summed E-state index contributed by atoms with van der Waals surface area (Å²) in [5, 5.41) is 7.82. The highest BCUT2D eigenvalue weighted by Gasteiger charge is 2.29. The maximum absolute atomic E-state index is 12.5. The number of carbonyl (C=O) groups is 1. The molecule has 0 radical (unpaired) electrons. The van der Waals surface area contributed by atoms with Gasteiger partial charge in [-0.2, -0.15) is 23.3 Å². The van der Waals surface area contributed by atoms with Crippen LogP contribution in [0.2, 0.25) is 0 Å². The van der Waals surface area contributed by atoms with Crippen LogP contribution in [0.25, 0.3) is 11.0 Å². The van der Waals surface area contributed by atoms with Gasteiger partial charge in [0.25, 0.3) is 0 Å². The Morgan fingerprint density at radius 3 is 2.83 bits per heavy atom. The van der Waals surface area contributed by atoms with Gasteiger partial charge in [-0.1, -0.05) is 6.92 Å². The minimum atomic E-state index is -4.40. The number of alkyl halides is 3. The minimum absolute atomic E-state index is 0.0820. The van der Waals surface area contributed by atoms with Gasteiger partial charge in [-0.3, -0.25) is 9.48 Å². The summed E-state index contributed by atoms with van der Waals surface area (Å²) in [6.07, 6.45) is -0.704. The Morgan fingerprint density at radius 1 is 1.33 bits per heavy atom. The molecular formula is C23H29F3N8O2. The number of hydrogen-bond acceptors (Lipinski definition) is 8. The number of hydrogen-bond donors (Lipinski definition) is 2. The number of ether oxygens (including phenoxy) is 1. The first-order valence-electron chi connectivity index (χ1n) is 11.8. The summed E-state index contributed by atoms with van der Waals surface area (Å²) in [4.78, 5) is 27.6. The molecule has 4 rings (SSSR count). The molecule has 0 spiro atoms. The molecule has 36 heavy (non-hydrogen) atoms. The summed E-state index contributed by atoms with van der Waals surface area (Å²) in [5.41, 5.74) is 8.34. The number of nitrogens with one attached hydrogen (secondary N) is 1. The maximum atomic E-state index is 12.5. The van der Waals surface area contributed by atoms with Crippen LogP contribution >= 0.6 is 0 Å². The number of halogens is 3. The molecule has 3 aromatic rings. The molecule has 194 valence electrons. The van der Waals surface area contributed by atoms with E-state index in [0.29, 0.717) is 60.2 Å². The Bertz CT molecular complexity index is 1230. The van der Waals surface area contributed by atoms with E-state index in [1.165, 1.54) is 0 Å². The second-order valence-electron chi connectivity index (χ2n) is 8.79. The largest absolute Gasteiger partial charge is 0.411 e. The lowest BCUT2D eigenvalue weighted by Crippen LogP contribution is -2.42. The van der Waals surface area contributed by atoms with Crippen molar-refractivity contribution in [3.05, 3.63) is 29.6 Å². The van der Waals surface area contributed by atoms with Crippen molar-refractivity contribution in [3.63, 3.8) is 0 Å². The molecule has 1 aliphatic rings. The molecule has 0 aliphatic carbocycles. The van der Waals surface area contributed by atoms with Gasteiger partial charge in [0.2, 0.25) is 11.9 Å². The molecule has 1 saturated heterocycles. The van der Waals surface area contributed by atoms with Gasteiger partial charge in [0.15, 0.2) is 5.82 Å². The zero-order valence-corrected chi connectivity index (χ0v) is 20.2. The maximum Gasteiger partial charge on any atom is 0.411 e. The monoisotopic (exact) mass is 506 g/mol. The number of carbonyl (C=O) groups excluding carboxylic acids is 1. The van der Waals surface area contributed by atoms with Crippen LogP contribution < -0.4 is 16.0 Å². The number of anilines is 3. The van der Waals surface area contributed by atoms with Crippen LogP contribution in [0.5, 0.6) is 0 Å². The highest BCUT2D eigenvalue weighted by atomic mass is 19.4. The molecule has 1 amide bonds. The first kappa shape index (κ1) is 25.6. The molecule has 0 bridgehead atoms. The zero-order chi connectivity index (χ0) is 25.9. The summed E-state index contributed by atoms with van der Waals surface area (Å²) in [7, 11) is 0. The van der Waals surface area contributed by atoms with Gasteiger partial charge in [0.1, 0.15) is 23.5 Å². The lowest BCUT2D eigenvalue weighted by atomic mass is 9.98. The number of rotatable bonds is 9. The molecule has 1 aliphatic heterocycles. The van der Waals surface area contributed by atoms with Crippen LogP contribution in [0.3, 0.4) is 0 Å². The molecule has 13 heteroatoms. The predicted octanol–water partition coefficient (Wildman–Crippen LogP) is 3.12. The van der Waals surface area contributed by atoms with Crippen LogP contribution in [-0.2, 0) is 22.5 Å². The SMILES string of the molecule is CCc1nn(CCOCC(F)(F)F)c2c(Nc3cc(C)ccn3)nc(N3CCCC(C(N)=O)C3)nc12. The van der Waals surface area contributed by atoms with Crippen molar-refractivity contribution in [1.82, 2.24) is 24.7 Å². The summed E-state index contributed by atoms with van der Waals surface area (Å²) >= 11 is 0. The van der Waals surface area contributed by atoms with Crippen LogP contribution in [0.1, 0.15) is 31.0 Å². The zero-order valence-electron chi connectivity index (χ0n) is 20.2. The minimum Gasteiger partial charge on any atom is -0.370 e. The second-order valence-corrected chi connectivity index (χ2v) is 8.79. The summed E-state index contributed by atoms with van der Waals surface area (Å²) in [6.45, 7) is 3.49. The Labute approximate surface area is 206 Å². The number of nitrogens with zero attached hydrogens (tertiary/aromatic N) is 6. The van der Waals surface area contributed by atoms with E-state index in [1.807, 2.05) is 30.9 Å². The van der Waals surface area contributed by atoms with Gasteiger partial charge in [-0.05, 0) is 43.9 Å². The van der Waals surface area contributed by atoms with E-state index in [9.17, 15) is 18.0 Å². The van der Waals surface area contributed by atoms with E-state index in [-0.39, 0.29) is 25.0 Å². The summed E-state index contributed by atoms with van der Waals surface area (Å²) < 4.78 is 43.9. The highest BCUT2D eigenvalue weighted by Crippen LogP contribution is 2.30. The van der Waals surface area contributed by atoms with Gasteiger partial charge < -0.3 is 20.7 Å². The van der Waals surface area contributed by atoms with E-state index in [0.717, 1.165) is 12.0 Å². The number of aromatic nitrogens is 5. The number of fused-ring (bicyclic) bond motifs is 1. The number of nitrogens with two attached hydrogens (primary N) is 1. The third-order valence-electron chi connectivity index (χ3n) is 5.96. The Kier molecular flexibility index (Phi) is 7.57. The Balaban J connectivity index is 1.74. The van der Waals surface area contributed by atoms with Crippen LogP contribution in [0.15, 0.2) is 18.3 Å². The molecule has 1 unspecified atom stereocenters. The Morgan fingerprint density at radius 2 is 2.14 bits per heavy atom. The normalized spacial score (nSPS) is 16.5. The van der Waals surface area contributed by atoms with E-state index in [4.69, 9.17) is 20.4 Å². The molecule has 10 nitrogen and oxygen atoms in total. The standard InChI is InChI=1S/C23H29F3N8O2/c1-3-16-18-19(34(32-16)9-10-36-13-23(24,25)26)21(29-17-11-14(2)6-7-28-17)31-22(30-18)33-8-4-5-15(12-33)20(27)35/h6-7,11,15H,3-5,8-10,12-13H2,1-2H3,(H2,27,35)(H,28,29,30,31). The molecule has 0 saturated carbocycles. The van der Waals surface area contributed by atoms with Crippen molar-refractivity contribution in [3.8, 4) is 0 Å². The van der Waals surface area contributed by atoms with Crippen molar-refractivity contribution >= 4 is 34.5 Å². The fourth-order valence-corrected chi connectivity index (χ4v) is 4.22. The number of aryl methyl sites for hydroxylation is 2. The average Bonchev–Trinajstić information content (AvgIpc) is 3.19. The summed E-state index contributed by atoms with van der Waals surface area (Å²) in [6, 6.07) is 3.72. The van der Waals surface area contributed by atoms with Crippen molar-refractivity contribution in [2.45, 2.75) is 45.8 Å². The average molecular weight is 507 g/mol. The van der Waals surface area contributed by atoms with Gasteiger partial charge >= 0.3 is 6.18 Å². The molecule has 3 aromatic heterocycles. The lowest BCUT2D eigenvalue weighted by Gasteiger charge is -2.31. The van der Waals surface area contributed by atoms with Gasteiger partial charge in [-0.25, -0.2) is 9.97 Å². The number of piperidine rings is 1. The Hall–Kier alpha value is -3.48. The quantitative estimate of drug-likeness (QED) is 0.424. The van der Waals surface area contributed by atoms with E-state index in [2.05, 4.69) is 15.4 Å². The third kappa shape index (κ3) is 6.01. The first-order valence-corrected chi connectivity index (χ1v) is 11.8. The first-order chi connectivity index (χ1) is 17.1. The number of amides is 1. The predicted molar refractivity (Wildman–Crippen MR) is 128 cm³/mol. The number of primary amides is 1. The van der Waals surface area contributed by atoms with Gasteiger partial charge in [-0.15, -0.1) is 0 Å². The molecular weight excluding hydrogens is 477 g/mol. The fourth-order valence-electron chi connectivity index (χ4n) is 4.22. The van der Waals surface area contributed by atoms with Crippen molar-refractivity contribution in [1.29, 1.82) is 0 Å². The van der Waals surface area contributed by atoms with Crippen LogP contribution in [-0.4, -0.2) is 63.1 Å². The van der Waals surface area contributed by atoms with E-state index < -0.39 is 12.8 Å².